The molecule has 3 N–H and O–H groups in total. The summed E-state index contributed by atoms with van der Waals surface area (Å²) in [5.41, 5.74) is 0.388. The van der Waals surface area contributed by atoms with Crippen molar-refractivity contribution in [2.45, 2.75) is 18.9 Å². The summed E-state index contributed by atoms with van der Waals surface area (Å²) in [6.45, 7) is 0.819. The minimum atomic E-state index is -1.06. The Kier molecular flexibility index (Phi) is 3.98. The third kappa shape index (κ3) is 2.70. The Morgan fingerprint density at radius 2 is 2.22 bits per heavy atom. The third-order valence-corrected chi connectivity index (χ3v) is 3.53. The summed E-state index contributed by atoms with van der Waals surface area (Å²) in [7, 11) is 0. The average molecular weight is 313 g/mol. The van der Waals surface area contributed by atoms with E-state index in [1.54, 1.807) is 12.1 Å². The number of anilines is 1. The van der Waals surface area contributed by atoms with Gasteiger partial charge in [0.25, 0.3) is 0 Å². The molecule has 1 aromatic rings. The highest BCUT2D eigenvalue weighted by atomic mass is 79.9. The fourth-order valence-electron chi connectivity index (χ4n) is 1.95. The number of carboxylic acid groups (broad SMARTS) is 1. The second kappa shape index (κ2) is 5.49. The first kappa shape index (κ1) is 13.0. The molecule has 2 rings (SSSR count). The van der Waals surface area contributed by atoms with Gasteiger partial charge in [0, 0.05) is 4.47 Å². The number of aromatic carboxylic acids is 1. The number of nitrogens with one attached hydrogen (secondary N) is 2. The number of benzene rings is 1. The van der Waals surface area contributed by atoms with Gasteiger partial charge in [-0.3, -0.25) is 4.79 Å². The lowest BCUT2D eigenvalue weighted by Crippen LogP contribution is -2.36. The lowest BCUT2D eigenvalue weighted by Gasteiger charge is -2.14. The van der Waals surface area contributed by atoms with Crippen LogP contribution in [0.5, 0.6) is 0 Å². The number of carbonyl (C=O) groups is 2. The molecular formula is C12H13BrN2O3. The van der Waals surface area contributed by atoms with Gasteiger partial charge in [-0.05, 0) is 47.4 Å². The number of hydrogen-bond donors (Lipinski definition) is 3. The molecule has 1 amide bonds. The molecule has 0 radical (unpaired) electrons. The molecule has 5 nitrogen and oxygen atoms in total. The Bertz CT molecular complexity index is 484. The largest absolute Gasteiger partial charge is 0.478 e. The molecule has 18 heavy (non-hydrogen) atoms. The highest BCUT2D eigenvalue weighted by Crippen LogP contribution is 2.27. The summed E-state index contributed by atoms with van der Waals surface area (Å²) in [5.74, 6) is -1.26. The Labute approximate surface area is 113 Å². The number of halogens is 1. The van der Waals surface area contributed by atoms with Crippen molar-refractivity contribution >= 4 is 33.5 Å². The molecule has 1 fully saturated rings. The van der Waals surface area contributed by atoms with Crippen molar-refractivity contribution in [3.63, 3.8) is 0 Å². The van der Waals surface area contributed by atoms with Crippen LogP contribution in [0.2, 0.25) is 0 Å². The Morgan fingerprint density at radius 1 is 1.44 bits per heavy atom. The van der Waals surface area contributed by atoms with Crippen LogP contribution in [0.15, 0.2) is 22.7 Å². The lowest BCUT2D eigenvalue weighted by atomic mass is 10.1. The maximum atomic E-state index is 12.0. The summed E-state index contributed by atoms with van der Waals surface area (Å²) in [6.07, 6.45) is 1.73. The van der Waals surface area contributed by atoms with Crippen molar-refractivity contribution in [3.05, 3.63) is 28.2 Å². The van der Waals surface area contributed by atoms with E-state index in [4.69, 9.17) is 5.11 Å². The molecule has 1 atom stereocenters. The summed E-state index contributed by atoms with van der Waals surface area (Å²) in [5, 5.41) is 14.8. The van der Waals surface area contributed by atoms with E-state index in [9.17, 15) is 9.59 Å². The normalized spacial score (nSPS) is 18.6. The van der Waals surface area contributed by atoms with Crippen molar-refractivity contribution in [2.75, 3.05) is 11.9 Å². The summed E-state index contributed by atoms with van der Waals surface area (Å²) < 4.78 is 0.564. The van der Waals surface area contributed by atoms with Gasteiger partial charge < -0.3 is 15.7 Å². The molecule has 0 bridgehead atoms. The van der Waals surface area contributed by atoms with Crippen molar-refractivity contribution in [3.8, 4) is 0 Å². The van der Waals surface area contributed by atoms with Crippen molar-refractivity contribution in [1.82, 2.24) is 5.32 Å². The predicted molar refractivity (Wildman–Crippen MR) is 70.8 cm³/mol. The molecular weight excluding hydrogens is 300 g/mol. The van der Waals surface area contributed by atoms with E-state index in [0.29, 0.717) is 10.2 Å². The molecule has 1 saturated heterocycles. The molecule has 1 aromatic carbocycles. The second-order valence-electron chi connectivity index (χ2n) is 4.11. The maximum Gasteiger partial charge on any atom is 0.337 e. The van der Waals surface area contributed by atoms with Gasteiger partial charge in [-0.15, -0.1) is 0 Å². The van der Waals surface area contributed by atoms with Gasteiger partial charge in [0.1, 0.15) is 0 Å². The van der Waals surface area contributed by atoms with Crippen molar-refractivity contribution in [1.29, 1.82) is 0 Å². The van der Waals surface area contributed by atoms with Crippen LogP contribution < -0.4 is 10.6 Å². The van der Waals surface area contributed by atoms with Gasteiger partial charge >= 0.3 is 5.97 Å². The van der Waals surface area contributed by atoms with E-state index >= 15 is 0 Å². The van der Waals surface area contributed by atoms with Crippen LogP contribution in [-0.2, 0) is 4.79 Å². The predicted octanol–water partition coefficient (Wildman–Crippen LogP) is 1.84. The molecule has 1 aliphatic rings. The zero-order valence-corrected chi connectivity index (χ0v) is 11.2. The van der Waals surface area contributed by atoms with Gasteiger partial charge in [0.15, 0.2) is 0 Å². The zero-order valence-electron chi connectivity index (χ0n) is 9.57. The molecule has 0 saturated carbocycles. The minimum Gasteiger partial charge on any atom is -0.478 e. The van der Waals surface area contributed by atoms with E-state index in [1.165, 1.54) is 6.07 Å². The summed E-state index contributed by atoms with van der Waals surface area (Å²) >= 11 is 3.25. The molecule has 1 heterocycles. The fourth-order valence-corrected chi connectivity index (χ4v) is 2.41. The standard InChI is InChI=1S/C12H13BrN2O3/c13-8-4-1-3-7(12(17)18)10(8)15-11(16)9-5-2-6-14-9/h1,3-4,9,14H,2,5-6H2,(H,15,16)(H,17,18). The Morgan fingerprint density at radius 3 is 2.83 bits per heavy atom. The van der Waals surface area contributed by atoms with Crippen molar-refractivity contribution < 1.29 is 14.7 Å². The van der Waals surface area contributed by atoms with E-state index in [1.807, 2.05) is 0 Å². The van der Waals surface area contributed by atoms with Crippen LogP contribution in [0, 0.1) is 0 Å². The number of amides is 1. The molecule has 0 aromatic heterocycles. The highest BCUT2D eigenvalue weighted by molar-refractivity contribution is 9.10. The first-order chi connectivity index (χ1) is 8.59. The SMILES string of the molecule is O=C(O)c1cccc(Br)c1NC(=O)C1CCCN1. The van der Waals surface area contributed by atoms with Crippen LogP contribution in [-0.4, -0.2) is 29.6 Å². The molecule has 1 unspecified atom stereocenters. The lowest BCUT2D eigenvalue weighted by molar-refractivity contribution is -0.117. The van der Waals surface area contributed by atoms with Crippen LogP contribution in [0.3, 0.4) is 0 Å². The minimum absolute atomic E-state index is 0.0794. The van der Waals surface area contributed by atoms with E-state index in [-0.39, 0.29) is 17.5 Å². The average Bonchev–Trinajstić information content (AvgIpc) is 2.85. The topological polar surface area (TPSA) is 78.4 Å². The van der Waals surface area contributed by atoms with Crippen LogP contribution in [0.4, 0.5) is 5.69 Å². The smallest absolute Gasteiger partial charge is 0.337 e. The van der Waals surface area contributed by atoms with E-state index in [0.717, 1.165) is 19.4 Å². The number of hydrogen-bond acceptors (Lipinski definition) is 3. The highest BCUT2D eigenvalue weighted by Gasteiger charge is 2.24. The Balaban J connectivity index is 2.22. The quantitative estimate of drug-likeness (QED) is 0.795. The first-order valence-corrected chi connectivity index (χ1v) is 6.45. The number of carboxylic acids is 1. The number of para-hydroxylation sites is 1. The first-order valence-electron chi connectivity index (χ1n) is 5.65. The van der Waals surface area contributed by atoms with E-state index < -0.39 is 5.97 Å². The van der Waals surface area contributed by atoms with Crippen molar-refractivity contribution in [2.24, 2.45) is 0 Å². The number of rotatable bonds is 3. The molecule has 6 heteroatoms. The van der Waals surface area contributed by atoms with Crippen LogP contribution >= 0.6 is 15.9 Å². The van der Waals surface area contributed by atoms with Crippen LogP contribution in [0.25, 0.3) is 0 Å². The maximum absolute atomic E-state index is 12.0. The monoisotopic (exact) mass is 312 g/mol. The van der Waals surface area contributed by atoms with Gasteiger partial charge in [-0.2, -0.15) is 0 Å². The van der Waals surface area contributed by atoms with Gasteiger partial charge in [0.05, 0.1) is 17.3 Å². The molecule has 0 aliphatic carbocycles. The summed E-state index contributed by atoms with van der Waals surface area (Å²) in [4.78, 5) is 23.0. The number of carbonyl (C=O) groups excluding carboxylic acids is 1. The van der Waals surface area contributed by atoms with Gasteiger partial charge in [-0.25, -0.2) is 4.79 Å². The fraction of sp³-hybridized carbons (Fsp3) is 0.333. The Hall–Kier alpha value is -1.40. The van der Waals surface area contributed by atoms with Gasteiger partial charge in [-0.1, -0.05) is 6.07 Å². The third-order valence-electron chi connectivity index (χ3n) is 2.87. The van der Waals surface area contributed by atoms with Crippen LogP contribution in [0.1, 0.15) is 23.2 Å². The second-order valence-corrected chi connectivity index (χ2v) is 4.96. The zero-order chi connectivity index (χ0) is 13.1. The molecule has 96 valence electrons. The van der Waals surface area contributed by atoms with Gasteiger partial charge in [0.2, 0.25) is 5.91 Å². The summed E-state index contributed by atoms with van der Waals surface area (Å²) in [6, 6.07) is 4.55. The van der Waals surface area contributed by atoms with E-state index in [2.05, 4.69) is 26.6 Å². The molecule has 1 aliphatic heterocycles. The molecule has 0 spiro atoms.